The minimum absolute atomic E-state index is 0.335. The molecule has 2 aromatic rings. The Kier molecular flexibility index (Phi) is 3.21. The van der Waals surface area contributed by atoms with Crippen molar-refractivity contribution in [2.75, 3.05) is 6.61 Å². The van der Waals surface area contributed by atoms with E-state index < -0.39 is 0 Å². The summed E-state index contributed by atoms with van der Waals surface area (Å²) in [6.45, 7) is 2.14. The van der Waals surface area contributed by atoms with Crippen molar-refractivity contribution >= 4 is 39.0 Å². The molecule has 0 aliphatic heterocycles. The van der Waals surface area contributed by atoms with E-state index in [1.807, 2.05) is 6.20 Å². The first kappa shape index (κ1) is 11.5. The van der Waals surface area contributed by atoms with Crippen LogP contribution in [0.1, 0.15) is 17.3 Å². The van der Waals surface area contributed by atoms with Crippen molar-refractivity contribution in [2.45, 2.75) is 6.92 Å². The fourth-order valence-electron chi connectivity index (χ4n) is 1.47. The van der Waals surface area contributed by atoms with Gasteiger partial charge in [0.15, 0.2) is 0 Å². The van der Waals surface area contributed by atoms with E-state index in [-0.39, 0.29) is 5.97 Å². The summed E-state index contributed by atoms with van der Waals surface area (Å²) in [4.78, 5) is 11.5. The molecule has 0 saturated carbocycles. The van der Waals surface area contributed by atoms with Gasteiger partial charge in [-0.2, -0.15) is 0 Å². The van der Waals surface area contributed by atoms with Crippen LogP contribution >= 0.6 is 27.5 Å². The Bertz CT molecular complexity index is 550. The number of hydrogen-bond donors (Lipinski definition) is 0. The van der Waals surface area contributed by atoms with E-state index in [2.05, 4.69) is 15.9 Å². The van der Waals surface area contributed by atoms with Crippen LogP contribution in [0, 0.1) is 0 Å². The van der Waals surface area contributed by atoms with Crippen molar-refractivity contribution in [3.8, 4) is 0 Å². The van der Waals surface area contributed by atoms with Crippen LogP contribution in [-0.2, 0) is 4.74 Å². The Morgan fingerprint density at radius 2 is 2.25 bits per heavy atom. The van der Waals surface area contributed by atoms with E-state index in [4.69, 9.17) is 16.3 Å². The third-order valence-electron chi connectivity index (χ3n) is 2.13. The first-order valence-electron chi connectivity index (χ1n) is 4.75. The van der Waals surface area contributed by atoms with Gasteiger partial charge in [0.05, 0.1) is 22.7 Å². The number of carbonyl (C=O) groups excluding carboxylic acids is 1. The van der Waals surface area contributed by atoms with Crippen molar-refractivity contribution < 1.29 is 9.53 Å². The number of ether oxygens (including phenoxy) is 1. The summed E-state index contributed by atoms with van der Waals surface area (Å²) in [5.41, 5.74) is 1.29. The van der Waals surface area contributed by atoms with Crippen LogP contribution in [0.5, 0.6) is 0 Å². The lowest BCUT2D eigenvalue weighted by molar-refractivity contribution is 0.0526. The predicted molar refractivity (Wildman–Crippen MR) is 66.1 cm³/mol. The molecule has 0 bridgehead atoms. The number of hydrogen-bond acceptors (Lipinski definition) is 2. The van der Waals surface area contributed by atoms with Crippen molar-refractivity contribution in [3.63, 3.8) is 0 Å². The van der Waals surface area contributed by atoms with Gasteiger partial charge in [0.25, 0.3) is 0 Å². The van der Waals surface area contributed by atoms with E-state index in [1.165, 1.54) is 0 Å². The van der Waals surface area contributed by atoms with E-state index >= 15 is 0 Å². The molecule has 0 amide bonds. The number of carbonyl (C=O) groups is 1. The van der Waals surface area contributed by atoms with Gasteiger partial charge in [-0.3, -0.25) is 0 Å². The minimum atomic E-state index is -0.335. The summed E-state index contributed by atoms with van der Waals surface area (Å²) in [5.74, 6) is -0.335. The van der Waals surface area contributed by atoms with Crippen molar-refractivity contribution in [2.24, 2.45) is 0 Å². The Morgan fingerprint density at radius 1 is 1.50 bits per heavy atom. The molecule has 0 spiro atoms. The Labute approximate surface area is 106 Å². The zero-order valence-corrected chi connectivity index (χ0v) is 10.9. The number of nitrogens with zero attached hydrogens (tertiary/aromatic N) is 1. The van der Waals surface area contributed by atoms with E-state index in [0.29, 0.717) is 17.2 Å². The Balaban J connectivity index is 2.51. The number of pyridine rings is 1. The normalized spacial score (nSPS) is 10.7. The van der Waals surface area contributed by atoms with Gasteiger partial charge < -0.3 is 9.14 Å². The molecule has 2 aromatic heterocycles. The molecule has 16 heavy (non-hydrogen) atoms. The number of rotatable bonds is 2. The second kappa shape index (κ2) is 4.47. The van der Waals surface area contributed by atoms with Gasteiger partial charge in [0, 0.05) is 16.9 Å². The van der Waals surface area contributed by atoms with Crippen molar-refractivity contribution in [1.82, 2.24) is 4.40 Å². The molecule has 5 heteroatoms. The standard InChI is InChI=1S/C11H9BrClNO2/c1-2-16-11(15)7-3-10-9(13)4-8(12)6-14(10)5-7/h3-6H,2H2,1H3. The van der Waals surface area contributed by atoms with Crippen molar-refractivity contribution in [3.05, 3.63) is 39.6 Å². The van der Waals surface area contributed by atoms with Crippen LogP contribution in [0.2, 0.25) is 5.02 Å². The predicted octanol–water partition coefficient (Wildman–Crippen LogP) is 3.53. The van der Waals surface area contributed by atoms with Crippen LogP contribution < -0.4 is 0 Å². The molecule has 84 valence electrons. The highest BCUT2D eigenvalue weighted by molar-refractivity contribution is 9.10. The molecule has 0 aliphatic carbocycles. The highest BCUT2D eigenvalue weighted by Gasteiger charge is 2.11. The molecule has 2 rings (SSSR count). The zero-order chi connectivity index (χ0) is 11.7. The second-order valence-electron chi connectivity index (χ2n) is 3.25. The van der Waals surface area contributed by atoms with E-state index in [0.717, 1.165) is 9.99 Å². The molecule has 2 heterocycles. The summed E-state index contributed by atoms with van der Waals surface area (Å²) in [5, 5.41) is 0.588. The lowest BCUT2D eigenvalue weighted by Gasteiger charge is -1.97. The first-order valence-corrected chi connectivity index (χ1v) is 5.93. The van der Waals surface area contributed by atoms with Crippen LogP contribution in [0.25, 0.3) is 5.52 Å². The molecule has 3 nitrogen and oxygen atoms in total. The van der Waals surface area contributed by atoms with Gasteiger partial charge in [-0.1, -0.05) is 11.6 Å². The second-order valence-corrected chi connectivity index (χ2v) is 4.57. The molecule has 0 aliphatic rings. The summed E-state index contributed by atoms with van der Waals surface area (Å²) >= 11 is 9.39. The van der Waals surface area contributed by atoms with Gasteiger partial charge in [0.2, 0.25) is 0 Å². The van der Waals surface area contributed by atoms with Gasteiger partial charge in [-0.05, 0) is 35.0 Å². The summed E-state index contributed by atoms with van der Waals surface area (Å²) in [7, 11) is 0. The monoisotopic (exact) mass is 301 g/mol. The van der Waals surface area contributed by atoms with Crippen LogP contribution in [0.3, 0.4) is 0 Å². The Hall–Kier alpha value is -1.00. The Morgan fingerprint density at radius 3 is 2.94 bits per heavy atom. The summed E-state index contributed by atoms with van der Waals surface area (Å²) in [6, 6.07) is 3.50. The third kappa shape index (κ3) is 2.08. The molecular formula is C11H9BrClNO2. The van der Waals surface area contributed by atoms with Gasteiger partial charge in [0.1, 0.15) is 0 Å². The third-order valence-corrected chi connectivity index (χ3v) is 2.87. The lowest BCUT2D eigenvalue weighted by Crippen LogP contribution is -2.02. The zero-order valence-electron chi connectivity index (χ0n) is 8.54. The topological polar surface area (TPSA) is 30.7 Å². The minimum Gasteiger partial charge on any atom is -0.462 e. The molecule has 0 aromatic carbocycles. The van der Waals surface area contributed by atoms with Crippen LogP contribution in [-0.4, -0.2) is 17.0 Å². The number of halogens is 2. The molecule has 0 unspecified atom stereocenters. The largest absolute Gasteiger partial charge is 0.462 e. The molecule has 0 atom stereocenters. The van der Waals surface area contributed by atoms with Crippen molar-refractivity contribution in [1.29, 1.82) is 0 Å². The molecule has 0 fully saturated rings. The highest BCUT2D eigenvalue weighted by atomic mass is 79.9. The summed E-state index contributed by atoms with van der Waals surface area (Å²) in [6.07, 6.45) is 3.54. The highest BCUT2D eigenvalue weighted by Crippen LogP contribution is 2.24. The maximum atomic E-state index is 11.5. The molecular weight excluding hydrogens is 293 g/mol. The number of aromatic nitrogens is 1. The maximum absolute atomic E-state index is 11.5. The fraction of sp³-hybridized carbons (Fsp3) is 0.182. The molecule has 0 radical (unpaired) electrons. The number of esters is 1. The fourth-order valence-corrected chi connectivity index (χ4v) is 2.32. The summed E-state index contributed by atoms with van der Waals surface area (Å²) < 4.78 is 7.57. The average molecular weight is 303 g/mol. The maximum Gasteiger partial charge on any atom is 0.339 e. The van der Waals surface area contributed by atoms with Gasteiger partial charge in [-0.15, -0.1) is 0 Å². The van der Waals surface area contributed by atoms with Gasteiger partial charge in [-0.25, -0.2) is 4.79 Å². The van der Waals surface area contributed by atoms with Gasteiger partial charge >= 0.3 is 5.97 Å². The first-order chi connectivity index (χ1) is 7.61. The average Bonchev–Trinajstić information content (AvgIpc) is 2.62. The molecule has 0 N–H and O–H groups in total. The van der Waals surface area contributed by atoms with E-state index in [9.17, 15) is 4.79 Å². The lowest BCUT2D eigenvalue weighted by atomic mass is 10.3. The number of fused-ring (bicyclic) bond motifs is 1. The quantitative estimate of drug-likeness (QED) is 0.795. The molecule has 0 saturated heterocycles. The smallest absolute Gasteiger partial charge is 0.339 e. The SMILES string of the molecule is CCOC(=O)c1cc2c(Cl)cc(Br)cn2c1. The van der Waals surface area contributed by atoms with E-state index in [1.54, 1.807) is 29.7 Å². The van der Waals surface area contributed by atoms with Crippen LogP contribution in [0.4, 0.5) is 0 Å². The van der Waals surface area contributed by atoms with Crippen LogP contribution in [0.15, 0.2) is 29.0 Å².